The molecule has 4 aromatic carbocycles. The van der Waals surface area contributed by atoms with Crippen LogP contribution in [-0.4, -0.2) is 5.11 Å². The first-order valence-electron chi connectivity index (χ1n) is 8.54. The third kappa shape index (κ3) is 5.05. The van der Waals surface area contributed by atoms with Crippen LogP contribution in [0.5, 0.6) is 5.75 Å². The quantitative estimate of drug-likeness (QED) is 0.521. The van der Waals surface area contributed by atoms with Gasteiger partial charge in [-0.2, -0.15) is 0 Å². The SMILES string of the molecule is Oc1ccccc1.c1ccc(P(c2ccccc2)c2ccccc2)cc1. The molecule has 0 fully saturated rings. The van der Waals surface area contributed by atoms with E-state index in [1.54, 1.807) is 24.3 Å². The fraction of sp³-hybridized carbons (Fsp3) is 0. The average molecular weight is 356 g/mol. The Morgan fingerprint density at radius 3 is 0.885 bits per heavy atom. The minimum Gasteiger partial charge on any atom is -0.508 e. The summed E-state index contributed by atoms with van der Waals surface area (Å²) in [6, 6.07) is 41.0. The lowest BCUT2D eigenvalue weighted by Crippen LogP contribution is -2.20. The van der Waals surface area contributed by atoms with Crippen LogP contribution >= 0.6 is 7.92 Å². The van der Waals surface area contributed by atoms with Crippen molar-refractivity contribution in [1.29, 1.82) is 0 Å². The number of para-hydroxylation sites is 1. The summed E-state index contributed by atoms with van der Waals surface area (Å²) in [7, 11) is -0.446. The van der Waals surface area contributed by atoms with Crippen molar-refractivity contribution in [2.45, 2.75) is 0 Å². The normalized spacial score (nSPS) is 10.0. The molecule has 0 aliphatic rings. The largest absolute Gasteiger partial charge is 0.508 e. The maximum absolute atomic E-state index is 8.63. The molecule has 0 radical (unpaired) electrons. The number of hydrogen-bond acceptors (Lipinski definition) is 1. The molecular weight excluding hydrogens is 335 g/mol. The number of hydrogen-bond donors (Lipinski definition) is 1. The second-order valence-corrected chi connectivity index (χ2v) is 7.90. The van der Waals surface area contributed by atoms with Crippen LogP contribution in [0.15, 0.2) is 121 Å². The Morgan fingerprint density at radius 1 is 0.385 bits per heavy atom. The number of phenolic OH excluding ortho intramolecular Hbond substituents is 1. The lowest BCUT2D eigenvalue weighted by molar-refractivity contribution is 0.475. The molecule has 0 amide bonds. The lowest BCUT2D eigenvalue weighted by atomic mass is 10.3. The molecule has 4 rings (SSSR count). The highest BCUT2D eigenvalue weighted by molar-refractivity contribution is 7.79. The van der Waals surface area contributed by atoms with E-state index in [9.17, 15) is 0 Å². The highest BCUT2D eigenvalue weighted by atomic mass is 31.1. The molecule has 1 nitrogen and oxygen atoms in total. The fourth-order valence-corrected chi connectivity index (χ4v) is 4.91. The fourth-order valence-electron chi connectivity index (χ4n) is 2.61. The molecule has 1 N–H and O–H groups in total. The number of benzene rings is 4. The van der Waals surface area contributed by atoms with Crippen LogP contribution in [0.25, 0.3) is 0 Å². The van der Waals surface area contributed by atoms with Gasteiger partial charge in [0, 0.05) is 0 Å². The summed E-state index contributed by atoms with van der Waals surface area (Å²) in [5, 5.41) is 12.8. The maximum Gasteiger partial charge on any atom is 0.115 e. The third-order valence-electron chi connectivity index (χ3n) is 3.80. The van der Waals surface area contributed by atoms with Gasteiger partial charge in [0.2, 0.25) is 0 Å². The van der Waals surface area contributed by atoms with Gasteiger partial charge < -0.3 is 5.11 Å². The molecular formula is C24H21OP. The molecule has 128 valence electrons. The molecule has 0 atom stereocenters. The van der Waals surface area contributed by atoms with Gasteiger partial charge in [-0.3, -0.25) is 0 Å². The van der Waals surface area contributed by atoms with E-state index in [4.69, 9.17) is 5.11 Å². The predicted molar refractivity (Wildman–Crippen MR) is 113 cm³/mol. The summed E-state index contributed by atoms with van der Waals surface area (Å²) in [6.07, 6.45) is 0. The second kappa shape index (κ2) is 9.56. The van der Waals surface area contributed by atoms with Gasteiger partial charge in [0.15, 0.2) is 0 Å². The van der Waals surface area contributed by atoms with Crippen molar-refractivity contribution < 1.29 is 5.11 Å². The molecule has 0 aromatic heterocycles. The molecule has 0 heterocycles. The van der Waals surface area contributed by atoms with Crippen LogP contribution in [0, 0.1) is 0 Å². The molecule has 0 saturated heterocycles. The second-order valence-electron chi connectivity index (χ2n) is 5.68. The monoisotopic (exact) mass is 356 g/mol. The maximum atomic E-state index is 8.63. The number of phenols is 1. The predicted octanol–water partition coefficient (Wildman–Crippen LogP) is 4.84. The molecule has 26 heavy (non-hydrogen) atoms. The zero-order valence-corrected chi connectivity index (χ0v) is 15.3. The van der Waals surface area contributed by atoms with Crippen molar-refractivity contribution >= 4 is 23.8 Å². The van der Waals surface area contributed by atoms with E-state index in [1.807, 2.05) is 6.07 Å². The Labute approximate surface area is 156 Å². The standard InChI is InChI=1S/C18H15P.C6H6O/c1-4-10-16(11-5-1)19(17-12-6-2-7-13-17)18-14-8-3-9-15-18;7-6-4-2-1-3-5-6/h1-15H;1-5,7H. The molecule has 2 heteroatoms. The minimum atomic E-state index is -0.446. The first kappa shape index (κ1) is 17.9. The van der Waals surface area contributed by atoms with Gasteiger partial charge in [0.05, 0.1) is 0 Å². The highest BCUT2D eigenvalue weighted by Crippen LogP contribution is 2.32. The van der Waals surface area contributed by atoms with Crippen molar-refractivity contribution in [3.63, 3.8) is 0 Å². The number of aromatic hydroxyl groups is 1. The molecule has 0 spiro atoms. The molecule has 4 aromatic rings. The van der Waals surface area contributed by atoms with Crippen LogP contribution in [0.2, 0.25) is 0 Å². The Morgan fingerprint density at radius 2 is 0.654 bits per heavy atom. The lowest BCUT2D eigenvalue weighted by Gasteiger charge is -2.18. The first-order chi connectivity index (χ1) is 12.8. The van der Waals surface area contributed by atoms with Gasteiger partial charge >= 0.3 is 0 Å². The first-order valence-corrected chi connectivity index (χ1v) is 9.88. The van der Waals surface area contributed by atoms with Crippen LogP contribution in [-0.2, 0) is 0 Å². The van der Waals surface area contributed by atoms with E-state index in [-0.39, 0.29) is 0 Å². The van der Waals surface area contributed by atoms with Crippen LogP contribution in [0.3, 0.4) is 0 Å². The third-order valence-corrected chi connectivity index (χ3v) is 6.24. The molecule has 0 bridgehead atoms. The average Bonchev–Trinajstić information content (AvgIpc) is 2.72. The summed E-state index contributed by atoms with van der Waals surface area (Å²) in [6.45, 7) is 0. The van der Waals surface area contributed by atoms with Crippen molar-refractivity contribution in [3.05, 3.63) is 121 Å². The summed E-state index contributed by atoms with van der Waals surface area (Å²) in [5.74, 6) is 0.322. The van der Waals surface area contributed by atoms with Gasteiger partial charge in [0.1, 0.15) is 5.75 Å². The summed E-state index contributed by atoms with van der Waals surface area (Å²) < 4.78 is 0. The Balaban J connectivity index is 0.000000236. The van der Waals surface area contributed by atoms with Crippen LogP contribution in [0.4, 0.5) is 0 Å². The van der Waals surface area contributed by atoms with E-state index in [1.165, 1.54) is 15.9 Å². The van der Waals surface area contributed by atoms with Gasteiger partial charge in [0.25, 0.3) is 0 Å². The summed E-state index contributed by atoms with van der Waals surface area (Å²) in [4.78, 5) is 0. The van der Waals surface area contributed by atoms with Gasteiger partial charge in [-0.15, -0.1) is 0 Å². The van der Waals surface area contributed by atoms with Crippen molar-refractivity contribution in [1.82, 2.24) is 0 Å². The Bertz CT molecular complexity index is 784. The molecule has 0 aliphatic heterocycles. The Kier molecular flexibility index (Phi) is 6.59. The minimum absolute atomic E-state index is 0.322. The van der Waals surface area contributed by atoms with E-state index in [0.717, 1.165) is 0 Å². The highest BCUT2D eigenvalue weighted by Gasteiger charge is 2.14. The van der Waals surface area contributed by atoms with Crippen molar-refractivity contribution in [2.75, 3.05) is 0 Å². The van der Waals surface area contributed by atoms with Crippen LogP contribution < -0.4 is 15.9 Å². The van der Waals surface area contributed by atoms with Gasteiger partial charge in [-0.25, -0.2) is 0 Å². The van der Waals surface area contributed by atoms with Crippen molar-refractivity contribution in [3.8, 4) is 5.75 Å². The molecule has 0 aliphatic carbocycles. The Hall–Kier alpha value is -2.89. The zero-order chi connectivity index (χ0) is 18.0. The van der Waals surface area contributed by atoms with Crippen molar-refractivity contribution in [2.24, 2.45) is 0 Å². The summed E-state index contributed by atoms with van der Waals surface area (Å²) in [5.41, 5.74) is 0. The molecule has 0 unspecified atom stereocenters. The number of rotatable bonds is 3. The summed E-state index contributed by atoms with van der Waals surface area (Å²) >= 11 is 0. The van der Waals surface area contributed by atoms with E-state index in [0.29, 0.717) is 5.75 Å². The van der Waals surface area contributed by atoms with Crippen LogP contribution in [0.1, 0.15) is 0 Å². The zero-order valence-electron chi connectivity index (χ0n) is 14.4. The molecule has 0 saturated carbocycles. The topological polar surface area (TPSA) is 20.2 Å². The van der Waals surface area contributed by atoms with Gasteiger partial charge in [-0.05, 0) is 36.0 Å². The van der Waals surface area contributed by atoms with E-state index >= 15 is 0 Å². The van der Waals surface area contributed by atoms with E-state index in [2.05, 4.69) is 91.0 Å². The smallest absolute Gasteiger partial charge is 0.115 e. The van der Waals surface area contributed by atoms with Gasteiger partial charge in [-0.1, -0.05) is 109 Å². The van der Waals surface area contributed by atoms with E-state index < -0.39 is 7.92 Å².